The van der Waals surface area contributed by atoms with E-state index >= 15 is 0 Å². The average molecular weight is 363 g/mol. The smallest absolute Gasteiger partial charge is 0.274 e. The minimum atomic E-state index is -0.325. The molecule has 0 bridgehead atoms. The summed E-state index contributed by atoms with van der Waals surface area (Å²) < 4.78 is 5.31. The van der Waals surface area contributed by atoms with E-state index in [2.05, 4.69) is 25.6 Å². The first-order chi connectivity index (χ1) is 13.0. The molecule has 0 aliphatic rings. The molecule has 3 aromatic rings. The Balaban J connectivity index is 1.77. The fourth-order valence-electron chi connectivity index (χ4n) is 2.55. The number of aryl methyl sites for hydroxylation is 2. The number of carbonyl (C=O) groups excluding carboxylic acids is 1. The number of amides is 1. The van der Waals surface area contributed by atoms with Gasteiger partial charge in [-0.25, -0.2) is 9.97 Å². The molecule has 0 fully saturated rings. The predicted molar refractivity (Wildman–Crippen MR) is 104 cm³/mol. The van der Waals surface area contributed by atoms with E-state index in [9.17, 15) is 4.79 Å². The molecular formula is C20H21N5O2. The van der Waals surface area contributed by atoms with Gasteiger partial charge < -0.3 is 15.4 Å². The summed E-state index contributed by atoms with van der Waals surface area (Å²) in [5.41, 5.74) is 3.59. The van der Waals surface area contributed by atoms with Crippen molar-refractivity contribution in [1.29, 1.82) is 0 Å². The van der Waals surface area contributed by atoms with Crippen LogP contribution in [0.15, 0.2) is 48.8 Å². The summed E-state index contributed by atoms with van der Waals surface area (Å²) in [6.07, 6.45) is 3.48. The van der Waals surface area contributed by atoms with E-state index in [1.165, 1.54) is 0 Å². The Morgan fingerprint density at radius 3 is 2.74 bits per heavy atom. The quantitative estimate of drug-likeness (QED) is 0.698. The second-order valence-electron chi connectivity index (χ2n) is 6.09. The second kappa shape index (κ2) is 8.27. The number of anilines is 2. The molecule has 138 valence electrons. The number of hydrogen-bond donors (Lipinski definition) is 2. The molecule has 0 spiro atoms. The van der Waals surface area contributed by atoms with Gasteiger partial charge in [0.25, 0.3) is 5.91 Å². The third kappa shape index (κ3) is 4.78. The summed E-state index contributed by atoms with van der Waals surface area (Å²) in [7, 11) is 1.57. The molecule has 0 radical (unpaired) electrons. The summed E-state index contributed by atoms with van der Waals surface area (Å²) in [6.45, 7) is 4.29. The van der Waals surface area contributed by atoms with E-state index in [4.69, 9.17) is 4.74 Å². The zero-order valence-electron chi connectivity index (χ0n) is 15.5. The highest BCUT2D eigenvalue weighted by Crippen LogP contribution is 2.25. The predicted octanol–water partition coefficient (Wildman–Crippen LogP) is 3.36. The maximum absolute atomic E-state index is 12.7. The van der Waals surface area contributed by atoms with Gasteiger partial charge >= 0.3 is 0 Å². The number of ether oxygens (including phenoxy) is 1. The van der Waals surface area contributed by atoms with Crippen LogP contribution in [0.4, 0.5) is 11.6 Å². The first kappa shape index (κ1) is 18.3. The molecule has 0 atom stereocenters. The highest BCUT2D eigenvalue weighted by molar-refractivity contribution is 6.04. The van der Waals surface area contributed by atoms with Crippen LogP contribution in [0.25, 0.3) is 0 Å². The SMILES string of the molecule is COc1ccc(C)cc1NC(=O)c1cc(C)nc(NCc2cccnc2)n1. The molecule has 2 aromatic heterocycles. The Labute approximate surface area is 157 Å². The first-order valence-electron chi connectivity index (χ1n) is 8.49. The van der Waals surface area contributed by atoms with E-state index in [1.54, 1.807) is 25.6 Å². The summed E-state index contributed by atoms with van der Waals surface area (Å²) in [6, 6.07) is 11.1. The van der Waals surface area contributed by atoms with E-state index in [0.29, 0.717) is 29.6 Å². The van der Waals surface area contributed by atoms with Crippen LogP contribution in [0, 0.1) is 13.8 Å². The topological polar surface area (TPSA) is 89.0 Å². The molecule has 2 N–H and O–H groups in total. The van der Waals surface area contributed by atoms with Crippen molar-refractivity contribution in [3.8, 4) is 5.75 Å². The number of aromatic nitrogens is 3. The van der Waals surface area contributed by atoms with Crippen LogP contribution in [0.1, 0.15) is 27.3 Å². The minimum absolute atomic E-state index is 0.278. The van der Waals surface area contributed by atoms with Crippen molar-refractivity contribution < 1.29 is 9.53 Å². The van der Waals surface area contributed by atoms with E-state index in [1.807, 2.05) is 44.2 Å². The molecule has 0 saturated carbocycles. The van der Waals surface area contributed by atoms with Gasteiger partial charge in [-0.15, -0.1) is 0 Å². The molecule has 0 unspecified atom stereocenters. The number of nitrogens with one attached hydrogen (secondary N) is 2. The molecule has 1 aromatic carbocycles. The lowest BCUT2D eigenvalue weighted by Gasteiger charge is -2.12. The van der Waals surface area contributed by atoms with Gasteiger partial charge in [-0.2, -0.15) is 0 Å². The third-order valence-corrected chi connectivity index (χ3v) is 3.86. The number of benzene rings is 1. The highest BCUT2D eigenvalue weighted by Gasteiger charge is 2.13. The Hall–Kier alpha value is -3.48. The minimum Gasteiger partial charge on any atom is -0.495 e. The molecule has 3 rings (SSSR count). The van der Waals surface area contributed by atoms with Crippen molar-refractivity contribution in [1.82, 2.24) is 15.0 Å². The standard InChI is InChI=1S/C20H21N5O2/c1-13-6-7-18(27-3)16(9-13)24-19(26)17-10-14(2)23-20(25-17)22-12-15-5-4-8-21-11-15/h4-11H,12H2,1-3H3,(H,24,26)(H,22,23,25). The first-order valence-corrected chi connectivity index (χ1v) is 8.49. The summed E-state index contributed by atoms with van der Waals surface area (Å²) in [5.74, 6) is 0.656. The average Bonchev–Trinajstić information content (AvgIpc) is 2.67. The van der Waals surface area contributed by atoms with Crippen molar-refractivity contribution in [3.05, 3.63) is 71.3 Å². The Morgan fingerprint density at radius 1 is 1.15 bits per heavy atom. The monoisotopic (exact) mass is 363 g/mol. The molecule has 7 heteroatoms. The molecule has 0 aliphatic heterocycles. The van der Waals surface area contributed by atoms with Crippen LogP contribution >= 0.6 is 0 Å². The van der Waals surface area contributed by atoms with Crippen LogP contribution in [-0.4, -0.2) is 28.0 Å². The van der Waals surface area contributed by atoms with E-state index in [0.717, 1.165) is 11.1 Å². The lowest BCUT2D eigenvalue weighted by molar-refractivity contribution is 0.102. The maximum Gasteiger partial charge on any atom is 0.274 e. The normalized spacial score (nSPS) is 10.3. The van der Waals surface area contributed by atoms with E-state index < -0.39 is 0 Å². The van der Waals surface area contributed by atoms with Crippen LogP contribution in [0.5, 0.6) is 5.75 Å². The van der Waals surface area contributed by atoms with Crippen LogP contribution in [0.3, 0.4) is 0 Å². The number of nitrogens with zero attached hydrogens (tertiary/aromatic N) is 3. The zero-order chi connectivity index (χ0) is 19.2. The number of carbonyl (C=O) groups is 1. The van der Waals surface area contributed by atoms with Crippen molar-refractivity contribution in [2.24, 2.45) is 0 Å². The van der Waals surface area contributed by atoms with Gasteiger partial charge in [0, 0.05) is 24.6 Å². The van der Waals surface area contributed by atoms with Gasteiger partial charge in [-0.3, -0.25) is 9.78 Å². The lowest BCUT2D eigenvalue weighted by Crippen LogP contribution is -2.16. The molecule has 27 heavy (non-hydrogen) atoms. The fourth-order valence-corrected chi connectivity index (χ4v) is 2.55. The van der Waals surface area contributed by atoms with Gasteiger partial charge in [-0.05, 0) is 49.2 Å². The summed E-state index contributed by atoms with van der Waals surface area (Å²) >= 11 is 0. The number of rotatable bonds is 6. The molecule has 7 nitrogen and oxygen atoms in total. The largest absolute Gasteiger partial charge is 0.495 e. The van der Waals surface area contributed by atoms with Crippen molar-refractivity contribution in [2.45, 2.75) is 20.4 Å². The number of hydrogen-bond acceptors (Lipinski definition) is 6. The second-order valence-corrected chi connectivity index (χ2v) is 6.09. The third-order valence-electron chi connectivity index (χ3n) is 3.86. The number of pyridine rings is 1. The Bertz CT molecular complexity index is 944. The van der Waals surface area contributed by atoms with Gasteiger partial charge in [0.05, 0.1) is 12.8 Å². The van der Waals surface area contributed by atoms with Crippen molar-refractivity contribution >= 4 is 17.5 Å². The molecular weight excluding hydrogens is 342 g/mol. The van der Waals surface area contributed by atoms with Gasteiger partial charge in [0.15, 0.2) is 0 Å². The van der Waals surface area contributed by atoms with Crippen LogP contribution in [0.2, 0.25) is 0 Å². The van der Waals surface area contributed by atoms with Gasteiger partial charge in [0.2, 0.25) is 5.95 Å². The molecule has 0 saturated heterocycles. The number of methoxy groups -OCH3 is 1. The fraction of sp³-hybridized carbons (Fsp3) is 0.200. The summed E-state index contributed by atoms with van der Waals surface area (Å²) in [4.78, 5) is 25.4. The summed E-state index contributed by atoms with van der Waals surface area (Å²) in [5, 5.41) is 5.98. The lowest BCUT2D eigenvalue weighted by atomic mass is 10.2. The molecule has 1 amide bonds. The molecule has 2 heterocycles. The Kier molecular flexibility index (Phi) is 5.61. The van der Waals surface area contributed by atoms with Crippen LogP contribution < -0.4 is 15.4 Å². The van der Waals surface area contributed by atoms with Gasteiger partial charge in [-0.1, -0.05) is 12.1 Å². The van der Waals surface area contributed by atoms with Gasteiger partial charge in [0.1, 0.15) is 11.4 Å². The van der Waals surface area contributed by atoms with E-state index in [-0.39, 0.29) is 11.6 Å². The van der Waals surface area contributed by atoms with Crippen LogP contribution in [-0.2, 0) is 6.54 Å². The molecule has 0 aliphatic carbocycles. The highest BCUT2D eigenvalue weighted by atomic mass is 16.5. The zero-order valence-corrected chi connectivity index (χ0v) is 15.5. The Morgan fingerprint density at radius 2 is 2.00 bits per heavy atom. The van der Waals surface area contributed by atoms with Crippen molar-refractivity contribution in [2.75, 3.05) is 17.7 Å². The van der Waals surface area contributed by atoms with Crippen molar-refractivity contribution in [3.63, 3.8) is 0 Å². The maximum atomic E-state index is 12.7.